The van der Waals surface area contributed by atoms with Gasteiger partial charge in [-0.25, -0.2) is 0 Å². The van der Waals surface area contributed by atoms with Gasteiger partial charge in [0.25, 0.3) is 0 Å². The normalized spacial score (nSPS) is 12.1. The Morgan fingerprint density at radius 1 is 1.29 bits per heavy atom. The van der Waals surface area contributed by atoms with E-state index in [2.05, 4.69) is 61.9 Å². The molecule has 0 atom stereocenters. The molecule has 1 aliphatic carbocycles. The van der Waals surface area contributed by atoms with Crippen LogP contribution in [-0.2, 0) is 13.0 Å². The maximum Gasteiger partial charge on any atom is 0.0472 e. The molecule has 0 aliphatic heterocycles. The van der Waals surface area contributed by atoms with E-state index in [9.17, 15) is 0 Å². The highest BCUT2D eigenvalue weighted by Crippen LogP contribution is 2.50. The number of aryl methyl sites for hydroxylation is 1. The highest BCUT2D eigenvalue weighted by atomic mass is 15.1. The standard InChI is InChI=1S/C20H23N/c1-5-7-16-8-9-17-11-15(12-18-19(16)20(17)18)13-21(10-6-2)14(3)4/h6,8-12H,3,5,7,13H2,1-2,4H3/b10-6-. The van der Waals surface area contributed by atoms with Crippen molar-refractivity contribution in [2.45, 2.75) is 40.2 Å². The van der Waals surface area contributed by atoms with E-state index in [0.717, 1.165) is 12.2 Å². The maximum atomic E-state index is 4.06. The van der Waals surface area contributed by atoms with Gasteiger partial charge in [-0.3, -0.25) is 0 Å². The van der Waals surface area contributed by atoms with Gasteiger partial charge >= 0.3 is 0 Å². The Bertz CT molecular complexity index is 737. The Kier molecular flexibility index (Phi) is 3.59. The molecule has 0 N–H and O–H groups in total. The molecule has 0 bridgehead atoms. The minimum Gasteiger partial charge on any atom is -0.348 e. The van der Waals surface area contributed by atoms with Gasteiger partial charge in [0.05, 0.1) is 0 Å². The van der Waals surface area contributed by atoms with Gasteiger partial charge in [-0.1, -0.05) is 38.1 Å². The van der Waals surface area contributed by atoms with Crippen LogP contribution in [0.15, 0.2) is 48.8 Å². The van der Waals surface area contributed by atoms with Crippen molar-refractivity contribution >= 4 is 10.8 Å². The molecule has 3 rings (SSSR count). The average Bonchev–Trinajstić information content (AvgIpc) is 3.17. The van der Waals surface area contributed by atoms with Crippen LogP contribution in [-0.4, -0.2) is 4.90 Å². The number of hydrogen-bond acceptors (Lipinski definition) is 1. The molecule has 0 fully saturated rings. The molecule has 1 heteroatoms. The van der Waals surface area contributed by atoms with Gasteiger partial charge in [0.15, 0.2) is 0 Å². The zero-order valence-corrected chi connectivity index (χ0v) is 13.2. The summed E-state index contributed by atoms with van der Waals surface area (Å²) in [6, 6.07) is 9.27. The molecule has 0 amide bonds. The highest BCUT2D eigenvalue weighted by molar-refractivity contribution is 6.21. The molecular weight excluding hydrogens is 254 g/mol. The lowest BCUT2D eigenvalue weighted by Gasteiger charge is -2.20. The predicted octanol–water partition coefficient (Wildman–Crippen LogP) is 5.64. The number of nitrogens with zero attached hydrogens (tertiary/aromatic N) is 1. The van der Waals surface area contributed by atoms with Gasteiger partial charge in [-0.05, 0) is 71.6 Å². The lowest BCUT2D eigenvalue weighted by Crippen LogP contribution is -2.13. The minimum absolute atomic E-state index is 0.893. The molecule has 108 valence electrons. The fraction of sp³-hybridized carbons (Fsp3) is 0.300. The number of fused-ring (bicyclic) bond motifs is 1. The summed E-state index contributed by atoms with van der Waals surface area (Å²) in [6.07, 6.45) is 6.56. The third kappa shape index (κ3) is 2.49. The third-order valence-corrected chi connectivity index (χ3v) is 4.16. The molecular formula is C20H23N. The molecule has 0 heterocycles. The van der Waals surface area contributed by atoms with E-state index in [4.69, 9.17) is 0 Å². The second-order valence-electron chi connectivity index (χ2n) is 5.94. The van der Waals surface area contributed by atoms with E-state index in [1.165, 1.54) is 45.9 Å². The number of allylic oxidation sites excluding steroid dienone is 2. The summed E-state index contributed by atoms with van der Waals surface area (Å²) >= 11 is 0. The molecule has 0 saturated carbocycles. The molecule has 0 unspecified atom stereocenters. The van der Waals surface area contributed by atoms with Crippen molar-refractivity contribution in [1.29, 1.82) is 0 Å². The summed E-state index contributed by atoms with van der Waals surface area (Å²) in [6.45, 7) is 11.3. The van der Waals surface area contributed by atoms with E-state index in [1.54, 1.807) is 0 Å². The Balaban J connectivity index is 1.91. The zero-order valence-electron chi connectivity index (χ0n) is 13.2. The van der Waals surface area contributed by atoms with Crippen molar-refractivity contribution in [3.8, 4) is 11.1 Å². The monoisotopic (exact) mass is 277 g/mol. The average molecular weight is 277 g/mol. The first-order valence-corrected chi connectivity index (χ1v) is 7.79. The van der Waals surface area contributed by atoms with Crippen LogP contribution in [0.25, 0.3) is 21.9 Å². The first kappa shape index (κ1) is 13.9. The molecule has 0 spiro atoms. The van der Waals surface area contributed by atoms with Crippen molar-refractivity contribution < 1.29 is 0 Å². The Hall–Kier alpha value is -2.02. The van der Waals surface area contributed by atoms with E-state index in [0.29, 0.717) is 0 Å². The largest absolute Gasteiger partial charge is 0.348 e. The van der Waals surface area contributed by atoms with Gasteiger partial charge in [-0.2, -0.15) is 0 Å². The Labute approximate surface area is 127 Å². The lowest BCUT2D eigenvalue weighted by atomic mass is 10.1. The summed E-state index contributed by atoms with van der Waals surface area (Å²) in [7, 11) is 0. The van der Waals surface area contributed by atoms with Crippen molar-refractivity contribution in [3.63, 3.8) is 0 Å². The molecule has 1 nitrogen and oxygen atoms in total. The van der Waals surface area contributed by atoms with Crippen LogP contribution in [0.3, 0.4) is 0 Å². The van der Waals surface area contributed by atoms with Crippen LogP contribution in [0.2, 0.25) is 0 Å². The van der Waals surface area contributed by atoms with E-state index in [1.807, 2.05) is 6.92 Å². The zero-order chi connectivity index (χ0) is 15.0. The van der Waals surface area contributed by atoms with E-state index in [-0.39, 0.29) is 0 Å². The Morgan fingerprint density at radius 3 is 2.76 bits per heavy atom. The predicted molar refractivity (Wildman–Crippen MR) is 92.1 cm³/mol. The first-order valence-electron chi connectivity index (χ1n) is 7.79. The minimum atomic E-state index is 0.893. The topological polar surface area (TPSA) is 3.24 Å². The SMILES string of the molecule is C=C(C)N(/C=C\C)Cc1cc2c3c-2c(CCC)ccc3c1. The van der Waals surface area contributed by atoms with Crippen molar-refractivity contribution in [2.75, 3.05) is 0 Å². The fourth-order valence-corrected chi connectivity index (χ4v) is 3.14. The van der Waals surface area contributed by atoms with Crippen LogP contribution >= 0.6 is 0 Å². The summed E-state index contributed by atoms with van der Waals surface area (Å²) in [4.78, 5) is 2.20. The number of benzene rings is 2. The first-order chi connectivity index (χ1) is 10.2. The van der Waals surface area contributed by atoms with Crippen LogP contribution in [0.1, 0.15) is 38.3 Å². The highest BCUT2D eigenvalue weighted by Gasteiger charge is 2.25. The quantitative estimate of drug-likeness (QED) is 0.563. The molecule has 1 aliphatic rings. The van der Waals surface area contributed by atoms with E-state index >= 15 is 0 Å². The lowest BCUT2D eigenvalue weighted by molar-refractivity contribution is 0.462. The molecule has 21 heavy (non-hydrogen) atoms. The molecule has 0 saturated heterocycles. The van der Waals surface area contributed by atoms with Gasteiger partial charge in [0, 0.05) is 12.2 Å². The summed E-state index contributed by atoms with van der Waals surface area (Å²) in [5.41, 5.74) is 6.95. The molecule has 2 aromatic carbocycles. The summed E-state index contributed by atoms with van der Waals surface area (Å²) < 4.78 is 0. The Morgan fingerprint density at radius 2 is 2.10 bits per heavy atom. The van der Waals surface area contributed by atoms with Crippen LogP contribution in [0.4, 0.5) is 0 Å². The molecule has 0 radical (unpaired) electrons. The van der Waals surface area contributed by atoms with Gasteiger partial charge < -0.3 is 4.90 Å². The summed E-state index contributed by atoms with van der Waals surface area (Å²) in [5, 5.41) is 2.89. The third-order valence-electron chi connectivity index (χ3n) is 4.16. The maximum absolute atomic E-state index is 4.06. The second-order valence-corrected chi connectivity index (χ2v) is 5.94. The number of rotatable bonds is 6. The molecule has 2 aromatic rings. The van der Waals surface area contributed by atoms with Crippen LogP contribution in [0.5, 0.6) is 0 Å². The second kappa shape index (κ2) is 5.40. The molecule has 0 aromatic heterocycles. The smallest absolute Gasteiger partial charge is 0.0472 e. The number of hydrogen-bond donors (Lipinski definition) is 0. The fourth-order valence-electron chi connectivity index (χ4n) is 3.14. The van der Waals surface area contributed by atoms with Crippen LogP contribution in [0, 0.1) is 0 Å². The van der Waals surface area contributed by atoms with Crippen molar-refractivity contribution in [2.24, 2.45) is 0 Å². The van der Waals surface area contributed by atoms with Crippen molar-refractivity contribution in [3.05, 3.63) is 59.9 Å². The van der Waals surface area contributed by atoms with Crippen LogP contribution < -0.4 is 0 Å². The van der Waals surface area contributed by atoms with Gasteiger partial charge in [0.1, 0.15) is 0 Å². The van der Waals surface area contributed by atoms with E-state index < -0.39 is 0 Å². The van der Waals surface area contributed by atoms with Gasteiger partial charge in [0.2, 0.25) is 0 Å². The summed E-state index contributed by atoms with van der Waals surface area (Å²) in [5.74, 6) is 0. The van der Waals surface area contributed by atoms with Crippen molar-refractivity contribution in [1.82, 2.24) is 4.90 Å². The van der Waals surface area contributed by atoms with Gasteiger partial charge in [-0.15, -0.1) is 0 Å².